The number of nitrogen functional groups attached to an aromatic ring is 1. The number of hydrogen-bond acceptors (Lipinski definition) is 9. The summed E-state index contributed by atoms with van der Waals surface area (Å²) < 4.78 is 17.3. The lowest BCUT2D eigenvalue weighted by Gasteiger charge is -2.18. The fourth-order valence-corrected chi connectivity index (χ4v) is 3.90. The van der Waals surface area contributed by atoms with E-state index in [1.54, 1.807) is 42.3 Å². The molecule has 2 amide bonds. The van der Waals surface area contributed by atoms with Gasteiger partial charge >= 0.3 is 0 Å². The predicted molar refractivity (Wildman–Crippen MR) is 143 cm³/mol. The monoisotopic (exact) mass is 520 g/mol. The van der Waals surface area contributed by atoms with Crippen molar-refractivity contribution in [3.8, 4) is 17.0 Å². The van der Waals surface area contributed by atoms with E-state index < -0.39 is 5.91 Å². The summed E-state index contributed by atoms with van der Waals surface area (Å²) in [5.41, 5.74) is 9.03. The minimum atomic E-state index is -0.521. The van der Waals surface area contributed by atoms with Crippen molar-refractivity contribution < 1.29 is 23.8 Å². The van der Waals surface area contributed by atoms with Crippen LogP contribution in [0.4, 0.5) is 11.5 Å². The summed E-state index contributed by atoms with van der Waals surface area (Å²) in [5.74, 6) is -0.121. The van der Waals surface area contributed by atoms with Gasteiger partial charge in [-0.15, -0.1) is 0 Å². The zero-order chi connectivity index (χ0) is 26.9. The van der Waals surface area contributed by atoms with Crippen molar-refractivity contribution in [3.63, 3.8) is 0 Å². The number of rotatable bonds is 2. The first-order valence-electron chi connectivity index (χ1n) is 12.3. The molecule has 3 heterocycles. The van der Waals surface area contributed by atoms with Gasteiger partial charge in [0.25, 0.3) is 11.8 Å². The van der Waals surface area contributed by atoms with Crippen LogP contribution in [0.1, 0.15) is 26.4 Å². The Balaban J connectivity index is 1.66. The summed E-state index contributed by atoms with van der Waals surface area (Å²) in [4.78, 5) is 36.3. The van der Waals surface area contributed by atoms with Gasteiger partial charge in [0.15, 0.2) is 11.5 Å². The lowest BCUT2D eigenvalue weighted by molar-refractivity contribution is 0.0301. The minimum absolute atomic E-state index is 0.00130. The van der Waals surface area contributed by atoms with Crippen molar-refractivity contribution >= 4 is 23.3 Å². The Bertz CT molecular complexity index is 1270. The Morgan fingerprint density at radius 3 is 2.47 bits per heavy atom. The molecule has 0 saturated heterocycles. The van der Waals surface area contributed by atoms with E-state index in [4.69, 9.17) is 19.9 Å². The quantitative estimate of drug-likeness (QED) is 0.434. The Morgan fingerprint density at radius 1 is 1.00 bits per heavy atom. The van der Waals surface area contributed by atoms with E-state index in [0.29, 0.717) is 67.8 Å². The number of para-hydroxylation sites is 1. The Hall–Kier alpha value is -4.06. The molecule has 0 aliphatic carbocycles. The number of aromatic nitrogens is 2. The molecule has 2 aliphatic rings. The van der Waals surface area contributed by atoms with Gasteiger partial charge in [-0.1, -0.05) is 24.3 Å². The standard InChI is InChI=1S/C27H32N6O5/c1-29-16-20-4-3-5-21-24(20)38-15-14-37-13-12-36-11-10-33(2)27(35)19-8-6-18(7-9-19)22-17-30-25(28)23(31-22)26(34)32-21/h3-9,17,29H,10-16H2,1-2H3,(H2,28,30)(H,32,34). The third-order valence-corrected chi connectivity index (χ3v) is 5.92. The summed E-state index contributed by atoms with van der Waals surface area (Å²) in [6.07, 6.45) is 1.49. The number of fused-ring (bicyclic) bond motifs is 13. The highest BCUT2D eigenvalue weighted by Gasteiger charge is 2.19. The molecule has 38 heavy (non-hydrogen) atoms. The maximum atomic E-state index is 13.3. The molecule has 4 N–H and O–H groups in total. The van der Waals surface area contributed by atoms with E-state index in [0.717, 1.165) is 5.56 Å². The number of ether oxygens (including phenoxy) is 3. The molecule has 0 saturated carbocycles. The summed E-state index contributed by atoms with van der Waals surface area (Å²) in [7, 11) is 3.56. The lowest BCUT2D eigenvalue weighted by atomic mass is 10.1. The van der Waals surface area contributed by atoms with Crippen LogP contribution in [0.3, 0.4) is 0 Å². The van der Waals surface area contributed by atoms with Crippen LogP contribution < -0.4 is 21.1 Å². The highest BCUT2D eigenvalue weighted by Crippen LogP contribution is 2.30. The zero-order valence-corrected chi connectivity index (χ0v) is 21.5. The number of hydrogen-bond donors (Lipinski definition) is 3. The molecule has 2 aromatic carbocycles. The van der Waals surface area contributed by atoms with Gasteiger partial charge in [-0.25, -0.2) is 9.97 Å². The predicted octanol–water partition coefficient (Wildman–Crippen LogP) is 2.20. The van der Waals surface area contributed by atoms with Gasteiger partial charge in [0, 0.05) is 36.8 Å². The average Bonchev–Trinajstić information content (AvgIpc) is 2.92. The van der Waals surface area contributed by atoms with Gasteiger partial charge in [0.05, 0.1) is 44.0 Å². The van der Waals surface area contributed by atoms with E-state index in [9.17, 15) is 9.59 Å². The first kappa shape index (κ1) is 27.0. The fourth-order valence-electron chi connectivity index (χ4n) is 3.90. The topological polar surface area (TPSA) is 141 Å². The Labute approximate surface area is 221 Å². The van der Waals surface area contributed by atoms with E-state index in [2.05, 4.69) is 20.6 Å². The highest BCUT2D eigenvalue weighted by molar-refractivity contribution is 6.06. The molecule has 0 spiro atoms. The number of amides is 2. The summed E-state index contributed by atoms with van der Waals surface area (Å²) in [5, 5.41) is 5.97. The van der Waals surface area contributed by atoms with Gasteiger partial charge in [0.1, 0.15) is 12.4 Å². The number of carbonyl (C=O) groups excluding carboxylic acids is 2. The van der Waals surface area contributed by atoms with Gasteiger partial charge in [-0.2, -0.15) is 0 Å². The van der Waals surface area contributed by atoms with Crippen molar-refractivity contribution in [1.82, 2.24) is 20.2 Å². The number of nitrogens with two attached hydrogens (primary N) is 1. The second-order valence-electron chi connectivity index (χ2n) is 8.64. The van der Waals surface area contributed by atoms with Crippen LogP contribution in [-0.2, 0) is 16.0 Å². The van der Waals surface area contributed by atoms with Gasteiger partial charge in [0.2, 0.25) is 0 Å². The van der Waals surface area contributed by atoms with Crippen LogP contribution >= 0.6 is 0 Å². The number of nitrogens with one attached hydrogen (secondary N) is 2. The number of benzene rings is 2. The number of carbonyl (C=O) groups is 2. The molecule has 0 radical (unpaired) electrons. The Kier molecular flexibility index (Phi) is 9.20. The number of nitrogens with zero attached hydrogens (tertiary/aromatic N) is 3. The van der Waals surface area contributed by atoms with Gasteiger partial charge in [-0.05, 0) is 25.2 Å². The molecule has 5 rings (SSSR count). The van der Waals surface area contributed by atoms with Crippen LogP contribution in [-0.4, -0.2) is 80.4 Å². The van der Waals surface area contributed by atoms with Crippen LogP contribution in [0.5, 0.6) is 5.75 Å². The molecule has 200 valence electrons. The van der Waals surface area contributed by atoms with Crippen LogP contribution in [0, 0.1) is 0 Å². The van der Waals surface area contributed by atoms with E-state index in [1.807, 2.05) is 19.2 Å². The molecular weight excluding hydrogens is 488 g/mol. The molecule has 0 atom stereocenters. The van der Waals surface area contributed by atoms with Gasteiger partial charge in [-0.3, -0.25) is 9.59 Å². The summed E-state index contributed by atoms with van der Waals surface area (Å²) in [6.45, 7) is 2.76. The lowest BCUT2D eigenvalue weighted by Crippen LogP contribution is -2.30. The Morgan fingerprint density at radius 2 is 1.71 bits per heavy atom. The average molecular weight is 521 g/mol. The number of likely N-dealkylation sites (N-methyl/N-ethyl adjacent to an activating group) is 1. The third-order valence-electron chi connectivity index (χ3n) is 5.92. The maximum absolute atomic E-state index is 13.3. The molecule has 3 aromatic rings. The second-order valence-corrected chi connectivity index (χ2v) is 8.64. The molecule has 0 fully saturated rings. The summed E-state index contributed by atoms with van der Waals surface area (Å²) >= 11 is 0. The molecule has 4 bridgehead atoms. The first-order valence-corrected chi connectivity index (χ1v) is 12.3. The van der Waals surface area contributed by atoms with Crippen molar-refractivity contribution in [3.05, 3.63) is 65.5 Å². The first-order chi connectivity index (χ1) is 18.5. The molecule has 11 nitrogen and oxygen atoms in total. The van der Waals surface area contributed by atoms with E-state index in [-0.39, 0.29) is 24.0 Å². The largest absolute Gasteiger partial charge is 0.489 e. The smallest absolute Gasteiger partial charge is 0.278 e. The van der Waals surface area contributed by atoms with Crippen molar-refractivity contribution in [1.29, 1.82) is 0 Å². The van der Waals surface area contributed by atoms with E-state index >= 15 is 0 Å². The second kappa shape index (κ2) is 13.0. The van der Waals surface area contributed by atoms with Crippen molar-refractivity contribution in [2.75, 3.05) is 64.7 Å². The summed E-state index contributed by atoms with van der Waals surface area (Å²) in [6, 6.07) is 12.4. The number of anilines is 2. The molecule has 0 unspecified atom stereocenters. The van der Waals surface area contributed by atoms with Crippen LogP contribution in [0.2, 0.25) is 0 Å². The highest BCUT2D eigenvalue weighted by atomic mass is 16.5. The zero-order valence-electron chi connectivity index (χ0n) is 21.5. The van der Waals surface area contributed by atoms with E-state index in [1.165, 1.54) is 6.20 Å². The fraction of sp³-hybridized carbons (Fsp3) is 0.333. The van der Waals surface area contributed by atoms with Crippen LogP contribution in [0.25, 0.3) is 11.3 Å². The molecule has 1 aromatic heterocycles. The van der Waals surface area contributed by atoms with Gasteiger partial charge < -0.3 is 35.5 Å². The SMILES string of the molecule is CNCc1cccc2c1OCCOCCOCCN(C)C(=O)c1ccc(cc1)-c1cnc(N)c(n1)C(=O)N2. The molecule has 11 heteroatoms. The van der Waals surface area contributed by atoms with Crippen molar-refractivity contribution in [2.45, 2.75) is 6.54 Å². The van der Waals surface area contributed by atoms with Crippen LogP contribution in [0.15, 0.2) is 48.7 Å². The maximum Gasteiger partial charge on any atom is 0.278 e. The van der Waals surface area contributed by atoms with Crippen molar-refractivity contribution in [2.24, 2.45) is 0 Å². The third kappa shape index (κ3) is 6.62. The minimum Gasteiger partial charge on any atom is -0.489 e. The molecular formula is C27H32N6O5. The molecule has 2 aliphatic heterocycles. The normalized spacial score (nSPS) is 15.6.